The van der Waals surface area contributed by atoms with Crippen LogP contribution in [-0.4, -0.2) is 69.1 Å². The lowest BCUT2D eigenvalue weighted by atomic mass is 10.1. The number of amides is 1. The molecule has 1 N–H and O–H groups in total. The van der Waals surface area contributed by atoms with E-state index in [1.807, 2.05) is 12.1 Å². The van der Waals surface area contributed by atoms with E-state index in [1.165, 1.54) is 5.56 Å². The highest BCUT2D eigenvalue weighted by molar-refractivity contribution is 5.76. The van der Waals surface area contributed by atoms with Gasteiger partial charge in [0.2, 0.25) is 5.91 Å². The molecule has 1 amide bonds. The number of aryl methyl sites for hydroxylation is 1. The Morgan fingerprint density at radius 3 is 2.70 bits per heavy atom. The molecule has 1 aromatic rings. The minimum absolute atomic E-state index is 0.159. The van der Waals surface area contributed by atoms with Crippen molar-refractivity contribution in [1.29, 1.82) is 0 Å². The van der Waals surface area contributed by atoms with Crippen LogP contribution in [-0.2, 0) is 11.2 Å². The maximum Gasteiger partial charge on any atom is 0.221 e. The van der Waals surface area contributed by atoms with Crippen LogP contribution in [0.2, 0.25) is 0 Å². The summed E-state index contributed by atoms with van der Waals surface area (Å²) in [5.74, 6) is 1.04. The normalized spacial score (nSPS) is 19.5. The topological polar surface area (TPSA) is 44.8 Å². The summed E-state index contributed by atoms with van der Waals surface area (Å²) < 4.78 is 5.15. The van der Waals surface area contributed by atoms with Gasteiger partial charge in [0.15, 0.2) is 0 Å². The zero-order chi connectivity index (χ0) is 16.7. The molecule has 128 valence electrons. The van der Waals surface area contributed by atoms with E-state index in [0.717, 1.165) is 44.8 Å². The third kappa shape index (κ3) is 5.84. The predicted octanol–water partition coefficient (Wildman–Crippen LogP) is 1.38. The van der Waals surface area contributed by atoms with Crippen LogP contribution in [0, 0.1) is 0 Å². The van der Waals surface area contributed by atoms with Gasteiger partial charge in [-0.05, 0) is 44.6 Å². The average molecular weight is 319 g/mol. The second-order valence-corrected chi connectivity index (χ2v) is 6.40. The summed E-state index contributed by atoms with van der Waals surface area (Å²) in [7, 11) is 5.90. The standard InChI is InChI=1S/C18H29N3O2/c1-20-11-12-21(2)16(14-20)13-18(22)19-10-4-5-15-6-8-17(23-3)9-7-15/h6-9,16H,4-5,10-14H2,1-3H3,(H,19,22). The van der Waals surface area contributed by atoms with Gasteiger partial charge in [0.05, 0.1) is 7.11 Å². The van der Waals surface area contributed by atoms with E-state index in [-0.39, 0.29) is 5.91 Å². The molecule has 1 aromatic carbocycles. The fourth-order valence-corrected chi connectivity index (χ4v) is 2.92. The van der Waals surface area contributed by atoms with Crippen molar-refractivity contribution < 1.29 is 9.53 Å². The first kappa shape index (κ1) is 17.8. The fourth-order valence-electron chi connectivity index (χ4n) is 2.92. The summed E-state index contributed by atoms with van der Waals surface area (Å²) in [6, 6.07) is 8.43. The van der Waals surface area contributed by atoms with Gasteiger partial charge in [-0.2, -0.15) is 0 Å². The van der Waals surface area contributed by atoms with Crippen molar-refractivity contribution in [3.63, 3.8) is 0 Å². The smallest absolute Gasteiger partial charge is 0.221 e. The van der Waals surface area contributed by atoms with Gasteiger partial charge in [0.25, 0.3) is 0 Å². The first-order valence-corrected chi connectivity index (χ1v) is 8.37. The molecule has 1 fully saturated rings. The molecular weight excluding hydrogens is 290 g/mol. The number of piperazine rings is 1. The highest BCUT2D eigenvalue weighted by atomic mass is 16.5. The number of hydrogen-bond donors (Lipinski definition) is 1. The Morgan fingerprint density at radius 1 is 1.26 bits per heavy atom. The second-order valence-electron chi connectivity index (χ2n) is 6.40. The van der Waals surface area contributed by atoms with Crippen molar-refractivity contribution in [1.82, 2.24) is 15.1 Å². The summed E-state index contributed by atoms with van der Waals surface area (Å²) in [5, 5.41) is 3.05. The second kappa shape index (κ2) is 8.89. The Balaban J connectivity index is 1.64. The molecule has 0 bridgehead atoms. The number of benzene rings is 1. The Hall–Kier alpha value is -1.59. The third-order valence-corrected chi connectivity index (χ3v) is 4.52. The van der Waals surface area contributed by atoms with E-state index in [0.29, 0.717) is 12.5 Å². The van der Waals surface area contributed by atoms with Crippen LogP contribution in [0.3, 0.4) is 0 Å². The maximum atomic E-state index is 12.1. The fraction of sp³-hybridized carbons (Fsp3) is 0.611. The quantitative estimate of drug-likeness (QED) is 0.771. The number of rotatable bonds is 7. The van der Waals surface area contributed by atoms with Crippen LogP contribution in [0.5, 0.6) is 5.75 Å². The van der Waals surface area contributed by atoms with Crippen molar-refractivity contribution in [3.05, 3.63) is 29.8 Å². The average Bonchev–Trinajstić information content (AvgIpc) is 2.55. The number of carbonyl (C=O) groups excluding carboxylic acids is 1. The molecule has 1 heterocycles. The van der Waals surface area contributed by atoms with Crippen LogP contribution in [0.4, 0.5) is 0 Å². The first-order chi connectivity index (χ1) is 11.1. The van der Waals surface area contributed by atoms with Gasteiger partial charge in [0, 0.05) is 38.6 Å². The molecule has 0 saturated carbocycles. The van der Waals surface area contributed by atoms with E-state index in [4.69, 9.17) is 4.74 Å². The number of nitrogens with one attached hydrogen (secondary N) is 1. The molecule has 1 atom stereocenters. The number of likely N-dealkylation sites (N-methyl/N-ethyl adjacent to an activating group) is 2. The number of methoxy groups -OCH3 is 1. The molecule has 0 spiro atoms. The van der Waals surface area contributed by atoms with Crippen LogP contribution in [0.15, 0.2) is 24.3 Å². The lowest BCUT2D eigenvalue weighted by Crippen LogP contribution is -2.51. The van der Waals surface area contributed by atoms with Gasteiger partial charge in [0.1, 0.15) is 5.75 Å². The van der Waals surface area contributed by atoms with Crippen LogP contribution >= 0.6 is 0 Å². The van der Waals surface area contributed by atoms with Gasteiger partial charge < -0.3 is 19.9 Å². The zero-order valence-electron chi connectivity index (χ0n) is 14.5. The molecule has 1 saturated heterocycles. The van der Waals surface area contributed by atoms with Crippen molar-refractivity contribution in [2.75, 3.05) is 47.4 Å². The third-order valence-electron chi connectivity index (χ3n) is 4.52. The molecular formula is C18H29N3O2. The zero-order valence-corrected chi connectivity index (χ0v) is 14.5. The summed E-state index contributed by atoms with van der Waals surface area (Å²) in [4.78, 5) is 16.7. The van der Waals surface area contributed by atoms with E-state index in [9.17, 15) is 4.79 Å². The lowest BCUT2D eigenvalue weighted by molar-refractivity contribution is -0.122. The summed E-state index contributed by atoms with van der Waals surface area (Å²) >= 11 is 0. The first-order valence-electron chi connectivity index (χ1n) is 8.37. The summed E-state index contributed by atoms with van der Waals surface area (Å²) in [5.41, 5.74) is 1.27. The van der Waals surface area contributed by atoms with E-state index < -0.39 is 0 Å². The molecule has 23 heavy (non-hydrogen) atoms. The van der Waals surface area contributed by atoms with E-state index >= 15 is 0 Å². The lowest BCUT2D eigenvalue weighted by Gasteiger charge is -2.37. The van der Waals surface area contributed by atoms with Gasteiger partial charge in [-0.25, -0.2) is 0 Å². The summed E-state index contributed by atoms with van der Waals surface area (Å²) in [6.07, 6.45) is 2.51. The summed E-state index contributed by atoms with van der Waals surface area (Å²) in [6.45, 7) is 3.81. The number of ether oxygens (including phenoxy) is 1. The Bertz CT molecular complexity index is 490. The molecule has 5 nitrogen and oxygen atoms in total. The molecule has 1 unspecified atom stereocenters. The molecule has 2 rings (SSSR count). The van der Waals surface area contributed by atoms with Gasteiger partial charge in [-0.1, -0.05) is 12.1 Å². The Kier molecular flexibility index (Phi) is 6.86. The van der Waals surface area contributed by atoms with Crippen LogP contribution in [0.1, 0.15) is 18.4 Å². The monoisotopic (exact) mass is 319 g/mol. The molecule has 0 aromatic heterocycles. The predicted molar refractivity (Wildman–Crippen MR) is 92.9 cm³/mol. The van der Waals surface area contributed by atoms with E-state index in [1.54, 1.807) is 7.11 Å². The number of hydrogen-bond acceptors (Lipinski definition) is 4. The minimum Gasteiger partial charge on any atom is -0.497 e. The highest BCUT2D eigenvalue weighted by Gasteiger charge is 2.24. The van der Waals surface area contributed by atoms with Gasteiger partial charge in [-0.3, -0.25) is 4.79 Å². The molecule has 0 aliphatic carbocycles. The van der Waals surface area contributed by atoms with Crippen molar-refractivity contribution in [3.8, 4) is 5.75 Å². The van der Waals surface area contributed by atoms with Crippen molar-refractivity contribution in [2.24, 2.45) is 0 Å². The molecule has 0 radical (unpaired) electrons. The van der Waals surface area contributed by atoms with Gasteiger partial charge >= 0.3 is 0 Å². The van der Waals surface area contributed by atoms with Crippen molar-refractivity contribution in [2.45, 2.75) is 25.3 Å². The molecule has 1 aliphatic rings. The minimum atomic E-state index is 0.159. The molecule has 5 heteroatoms. The number of nitrogens with zero attached hydrogens (tertiary/aromatic N) is 2. The van der Waals surface area contributed by atoms with Crippen LogP contribution < -0.4 is 10.1 Å². The Labute approximate surface area is 139 Å². The number of carbonyl (C=O) groups is 1. The van der Waals surface area contributed by atoms with Gasteiger partial charge in [-0.15, -0.1) is 0 Å². The van der Waals surface area contributed by atoms with Crippen LogP contribution in [0.25, 0.3) is 0 Å². The SMILES string of the molecule is COc1ccc(CCCNC(=O)CC2CN(C)CCN2C)cc1. The Morgan fingerprint density at radius 2 is 2.00 bits per heavy atom. The maximum absolute atomic E-state index is 12.1. The van der Waals surface area contributed by atoms with Crippen molar-refractivity contribution >= 4 is 5.91 Å². The molecule has 1 aliphatic heterocycles. The highest BCUT2D eigenvalue weighted by Crippen LogP contribution is 2.12. The van der Waals surface area contributed by atoms with E-state index in [2.05, 4.69) is 41.3 Å². The largest absolute Gasteiger partial charge is 0.497 e.